The van der Waals surface area contributed by atoms with Crippen LogP contribution in [-0.2, 0) is 4.79 Å². The molecule has 136 valence electrons. The minimum absolute atomic E-state index is 0.134. The number of phenols is 1. The number of hydrogen-bond donors (Lipinski definition) is 1. The highest BCUT2D eigenvalue weighted by Gasteiger charge is 2.33. The first-order valence-corrected chi connectivity index (χ1v) is 8.81. The van der Waals surface area contributed by atoms with Gasteiger partial charge >= 0.3 is 0 Å². The molecule has 0 bridgehead atoms. The van der Waals surface area contributed by atoms with Crippen LogP contribution in [-0.4, -0.2) is 28.8 Å². The molecule has 0 radical (unpaired) electrons. The predicted octanol–water partition coefficient (Wildman–Crippen LogP) is 4.25. The van der Waals surface area contributed by atoms with E-state index in [1.165, 1.54) is 11.9 Å². The summed E-state index contributed by atoms with van der Waals surface area (Å²) in [6.07, 6.45) is 0.535. The first-order chi connectivity index (χ1) is 13.1. The molecule has 1 aliphatic heterocycles. The zero-order valence-electron chi connectivity index (χ0n) is 15.2. The third-order valence-electron chi connectivity index (χ3n) is 4.94. The van der Waals surface area contributed by atoms with Crippen molar-refractivity contribution in [2.24, 2.45) is 5.10 Å². The summed E-state index contributed by atoms with van der Waals surface area (Å²) in [6, 6.07) is 18.7. The Morgan fingerprint density at radius 2 is 1.78 bits per heavy atom. The van der Waals surface area contributed by atoms with E-state index < -0.39 is 0 Å². The Labute approximate surface area is 157 Å². The van der Waals surface area contributed by atoms with Crippen molar-refractivity contribution in [3.63, 3.8) is 0 Å². The molecule has 1 aliphatic rings. The molecule has 1 atom stereocenters. The van der Waals surface area contributed by atoms with Crippen LogP contribution in [0.5, 0.6) is 11.5 Å². The molecule has 1 amide bonds. The Hall–Kier alpha value is -3.34. The van der Waals surface area contributed by atoms with Gasteiger partial charge in [0.15, 0.2) is 0 Å². The van der Waals surface area contributed by atoms with Crippen molar-refractivity contribution < 1.29 is 14.6 Å². The van der Waals surface area contributed by atoms with Gasteiger partial charge in [0.1, 0.15) is 11.5 Å². The van der Waals surface area contributed by atoms with E-state index in [1.807, 2.05) is 48.5 Å². The summed E-state index contributed by atoms with van der Waals surface area (Å²) in [5, 5.41) is 18.3. The number of benzene rings is 3. The van der Waals surface area contributed by atoms with Crippen molar-refractivity contribution in [2.75, 3.05) is 7.11 Å². The summed E-state index contributed by atoms with van der Waals surface area (Å²) in [7, 11) is 1.65. The van der Waals surface area contributed by atoms with Crippen LogP contribution < -0.4 is 4.74 Å². The lowest BCUT2D eigenvalue weighted by molar-refractivity contribution is -0.130. The zero-order chi connectivity index (χ0) is 19.0. The van der Waals surface area contributed by atoms with Crippen LogP contribution >= 0.6 is 0 Å². The highest BCUT2D eigenvalue weighted by molar-refractivity contribution is 6.05. The first-order valence-electron chi connectivity index (χ1n) is 8.81. The Balaban J connectivity index is 1.82. The topological polar surface area (TPSA) is 62.1 Å². The maximum absolute atomic E-state index is 12.3. The van der Waals surface area contributed by atoms with Crippen molar-refractivity contribution in [1.82, 2.24) is 5.01 Å². The quantitative estimate of drug-likeness (QED) is 0.759. The van der Waals surface area contributed by atoms with E-state index in [9.17, 15) is 9.90 Å². The van der Waals surface area contributed by atoms with Crippen LogP contribution in [0, 0.1) is 0 Å². The van der Waals surface area contributed by atoms with Crippen molar-refractivity contribution in [1.29, 1.82) is 0 Å². The number of nitrogens with zero attached hydrogens (tertiary/aromatic N) is 2. The Morgan fingerprint density at radius 1 is 1.07 bits per heavy atom. The number of carbonyl (C=O) groups excluding carboxylic acids is 1. The molecule has 1 unspecified atom stereocenters. The third kappa shape index (κ3) is 2.91. The minimum Gasteiger partial charge on any atom is -0.507 e. The lowest BCUT2D eigenvalue weighted by atomic mass is 9.93. The van der Waals surface area contributed by atoms with Gasteiger partial charge in [-0.1, -0.05) is 42.5 Å². The number of methoxy groups -OCH3 is 1. The van der Waals surface area contributed by atoms with Gasteiger partial charge in [0.05, 0.1) is 18.9 Å². The summed E-state index contributed by atoms with van der Waals surface area (Å²) in [5.41, 5.74) is 2.37. The Bertz CT molecular complexity index is 1060. The molecular weight excluding hydrogens is 340 g/mol. The SMILES string of the molecule is COc1ccc(C2CC(c3ccccc3O)=NN2C(C)=O)c2ccccc12. The molecule has 0 aromatic heterocycles. The van der Waals surface area contributed by atoms with E-state index in [1.54, 1.807) is 19.2 Å². The molecule has 5 nitrogen and oxygen atoms in total. The third-order valence-corrected chi connectivity index (χ3v) is 4.94. The number of hydrogen-bond acceptors (Lipinski definition) is 4. The van der Waals surface area contributed by atoms with Crippen LogP contribution in [0.3, 0.4) is 0 Å². The van der Waals surface area contributed by atoms with Gasteiger partial charge in [0.25, 0.3) is 0 Å². The molecule has 3 aromatic carbocycles. The molecule has 0 spiro atoms. The number of ether oxygens (including phenoxy) is 1. The molecule has 0 aliphatic carbocycles. The summed E-state index contributed by atoms with van der Waals surface area (Å²) in [5.74, 6) is 0.828. The van der Waals surface area contributed by atoms with E-state index in [2.05, 4.69) is 5.10 Å². The number of carbonyl (C=O) groups is 1. The largest absolute Gasteiger partial charge is 0.507 e. The van der Waals surface area contributed by atoms with Crippen LogP contribution in [0.15, 0.2) is 65.8 Å². The molecule has 3 aromatic rings. The smallest absolute Gasteiger partial charge is 0.240 e. The number of amides is 1. The zero-order valence-corrected chi connectivity index (χ0v) is 15.2. The van der Waals surface area contributed by atoms with Crippen LogP contribution in [0.1, 0.15) is 30.5 Å². The van der Waals surface area contributed by atoms with Gasteiger partial charge in [-0.25, -0.2) is 5.01 Å². The molecule has 0 saturated heterocycles. The first kappa shape index (κ1) is 17.1. The summed E-state index contributed by atoms with van der Waals surface area (Å²) < 4.78 is 5.48. The van der Waals surface area contributed by atoms with E-state index in [0.29, 0.717) is 17.7 Å². The number of hydrazone groups is 1. The van der Waals surface area contributed by atoms with Crippen LogP contribution in [0.4, 0.5) is 0 Å². The Kier molecular flexibility index (Phi) is 4.28. The number of para-hydroxylation sites is 1. The maximum Gasteiger partial charge on any atom is 0.240 e. The second kappa shape index (κ2) is 6.76. The molecule has 27 heavy (non-hydrogen) atoms. The Morgan fingerprint density at radius 3 is 2.48 bits per heavy atom. The van der Waals surface area contributed by atoms with Crippen LogP contribution in [0.25, 0.3) is 10.8 Å². The van der Waals surface area contributed by atoms with Crippen molar-refractivity contribution >= 4 is 22.4 Å². The molecule has 5 heteroatoms. The lowest BCUT2D eigenvalue weighted by Crippen LogP contribution is -2.24. The molecular formula is C22H20N2O3. The maximum atomic E-state index is 12.3. The van der Waals surface area contributed by atoms with Crippen molar-refractivity contribution in [2.45, 2.75) is 19.4 Å². The number of aromatic hydroxyl groups is 1. The minimum atomic E-state index is -0.229. The summed E-state index contributed by atoms with van der Waals surface area (Å²) in [6.45, 7) is 1.51. The second-order valence-electron chi connectivity index (χ2n) is 6.55. The average molecular weight is 360 g/mol. The van der Waals surface area contributed by atoms with Gasteiger partial charge in [0.2, 0.25) is 5.91 Å². The average Bonchev–Trinajstić information content (AvgIpc) is 3.12. The van der Waals surface area contributed by atoms with E-state index in [-0.39, 0.29) is 17.7 Å². The van der Waals surface area contributed by atoms with Gasteiger partial charge in [0, 0.05) is 24.3 Å². The molecule has 4 rings (SSSR count). The molecule has 1 heterocycles. The summed E-state index contributed by atoms with van der Waals surface area (Å²) >= 11 is 0. The number of rotatable bonds is 3. The molecule has 0 fully saturated rings. The highest BCUT2D eigenvalue weighted by atomic mass is 16.5. The van der Waals surface area contributed by atoms with Gasteiger partial charge in [-0.2, -0.15) is 5.10 Å². The van der Waals surface area contributed by atoms with Gasteiger partial charge in [-0.3, -0.25) is 4.79 Å². The summed E-state index contributed by atoms with van der Waals surface area (Å²) in [4.78, 5) is 12.3. The monoisotopic (exact) mass is 360 g/mol. The van der Waals surface area contributed by atoms with Gasteiger partial charge < -0.3 is 9.84 Å². The van der Waals surface area contributed by atoms with E-state index >= 15 is 0 Å². The fraction of sp³-hybridized carbons (Fsp3) is 0.182. The number of phenolic OH excluding ortho intramolecular Hbond substituents is 1. The number of fused-ring (bicyclic) bond motifs is 1. The fourth-order valence-electron chi connectivity index (χ4n) is 3.69. The van der Waals surface area contributed by atoms with E-state index in [4.69, 9.17) is 4.74 Å². The molecule has 1 N–H and O–H groups in total. The lowest BCUT2D eigenvalue weighted by Gasteiger charge is -2.22. The highest BCUT2D eigenvalue weighted by Crippen LogP contribution is 2.39. The standard InChI is InChI=1S/C22H20N2O3/c1-14(25)24-20(13-19(23-24)18-9-5-6-10-21(18)26)16-11-12-22(27-2)17-8-4-3-7-15(16)17/h3-12,20,26H,13H2,1-2H3. The van der Waals surface area contributed by atoms with Crippen molar-refractivity contribution in [3.05, 3.63) is 71.8 Å². The van der Waals surface area contributed by atoms with Gasteiger partial charge in [-0.05, 0) is 29.1 Å². The fourth-order valence-corrected chi connectivity index (χ4v) is 3.69. The normalized spacial score (nSPS) is 16.4. The van der Waals surface area contributed by atoms with Gasteiger partial charge in [-0.15, -0.1) is 0 Å². The predicted molar refractivity (Wildman–Crippen MR) is 105 cm³/mol. The van der Waals surface area contributed by atoms with Crippen molar-refractivity contribution in [3.8, 4) is 11.5 Å². The van der Waals surface area contributed by atoms with Crippen LogP contribution in [0.2, 0.25) is 0 Å². The van der Waals surface area contributed by atoms with E-state index in [0.717, 1.165) is 22.1 Å². The molecule has 0 saturated carbocycles. The second-order valence-corrected chi connectivity index (χ2v) is 6.55.